The van der Waals surface area contributed by atoms with Crippen molar-refractivity contribution in [2.24, 2.45) is 0 Å². The van der Waals surface area contributed by atoms with E-state index in [-0.39, 0.29) is 11.7 Å². The van der Waals surface area contributed by atoms with Crippen molar-refractivity contribution in [3.63, 3.8) is 0 Å². The molecule has 0 bridgehead atoms. The number of nitrogens with one attached hydrogen (secondary N) is 1. The molecule has 8 nitrogen and oxygen atoms in total. The number of tetrazole rings is 1. The minimum atomic E-state index is -0.0669. The fourth-order valence-electron chi connectivity index (χ4n) is 2.47. The maximum atomic E-state index is 12.1. The average molecular weight is 399 g/mol. The van der Waals surface area contributed by atoms with E-state index in [0.717, 1.165) is 29.2 Å². The van der Waals surface area contributed by atoms with E-state index in [9.17, 15) is 4.79 Å². The monoisotopic (exact) mass is 399 g/mol. The second-order valence-electron chi connectivity index (χ2n) is 5.81. The van der Waals surface area contributed by atoms with Gasteiger partial charge in [-0.3, -0.25) is 4.79 Å². The van der Waals surface area contributed by atoms with Crippen LogP contribution in [0.25, 0.3) is 5.69 Å². The summed E-state index contributed by atoms with van der Waals surface area (Å²) in [6.07, 6.45) is 0.754. The molecule has 0 atom stereocenters. The number of thioether (sulfide) groups is 1. The molecule has 1 heterocycles. The molecule has 28 heavy (non-hydrogen) atoms. The Morgan fingerprint density at radius 3 is 2.32 bits per heavy atom. The summed E-state index contributed by atoms with van der Waals surface area (Å²) in [5.74, 6) is 1.74. The molecule has 0 unspecified atom stereocenters. The highest BCUT2D eigenvalue weighted by molar-refractivity contribution is 7.99. The third-order valence-corrected chi connectivity index (χ3v) is 4.90. The summed E-state index contributed by atoms with van der Waals surface area (Å²) < 4.78 is 11.9. The smallest absolute Gasteiger partial charge is 0.230 e. The molecule has 0 aliphatic heterocycles. The molecular weight excluding hydrogens is 378 g/mol. The number of nitrogens with zero attached hydrogens (tertiary/aromatic N) is 4. The first-order valence-electron chi connectivity index (χ1n) is 8.65. The number of amides is 1. The van der Waals surface area contributed by atoms with Gasteiger partial charge in [0.25, 0.3) is 0 Å². The van der Waals surface area contributed by atoms with E-state index < -0.39 is 0 Å². The number of aromatic nitrogens is 4. The fraction of sp³-hybridized carbons (Fsp3) is 0.263. The molecule has 0 aliphatic rings. The van der Waals surface area contributed by atoms with E-state index >= 15 is 0 Å². The van der Waals surface area contributed by atoms with Gasteiger partial charge in [0.1, 0.15) is 11.5 Å². The van der Waals surface area contributed by atoms with Crippen LogP contribution < -0.4 is 14.8 Å². The molecule has 0 spiro atoms. The van der Waals surface area contributed by atoms with Gasteiger partial charge in [0.05, 0.1) is 25.7 Å². The summed E-state index contributed by atoms with van der Waals surface area (Å²) in [6, 6.07) is 15.2. The summed E-state index contributed by atoms with van der Waals surface area (Å²) in [4.78, 5) is 12.1. The quantitative estimate of drug-likeness (QED) is 0.551. The number of hydrogen-bond donors (Lipinski definition) is 1. The zero-order valence-corrected chi connectivity index (χ0v) is 16.5. The summed E-state index contributed by atoms with van der Waals surface area (Å²) in [5.41, 5.74) is 1.94. The maximum Gasteiger partial charge on any atom is 0.230 e. The Balaban J connectivity index is 1.47. The van der Waals surface area contributed by atoms with Gasteiger partial charge in [-0.15, -0.1) is 5.10 Å². The third-order valence-electron chi connectivity index (χ3n) is 3.99. The highest BCUT2D eigenvalue weighted by atomic mass is 32.2. The summed E-state index contributed by atoms with van der Waals surface area (Å²) in [6.45, 7) is 0.565. The van der Waals surface area contributed by atoms with Gasteiger partial charge in [-0.05, 0) is 58.8 Å². The average Bonchev–Trinajstić information content (AvgIpc) is 3.21. The predicted octanol–water partition coefficient (Wildman–Crippen LogP) is 2.13. The molecule has 1 aromatic heterocycles. The number of ether oxygens (including phenoxy) is 2. The van der Waals surface area contributed by atoms with Crippen LogP contribution >= 0.6 is 11.8 Å². The van der Waals surface area contributed by atoms with E-state index in [0.29, 0.717) is 11.7 Å². The molecule has 2 aromatic carbocycles. The third kappa shape index (κ3) is 5.23. The molecule has 0 fully saturated rings. The number of carbonyl (C=O) groups is 1. The number of rotatable bonds is 9. The summed E-state index contributed by atoms with van der Waals surface area (Å²) in [7, 11) is 3.25. The largest absolute Gasteiger partial charge is 0.497 e. The van der Waals surface area contributed by atoms with Gasteiger partial charge in [-0.25, -0.2) is 0 Å². The van der Waals surface area contributed by atoms with Gasteiger partial charge >= 0.3 is 0 Å². The van der Waals surface area contributed by atoms with Gasteiger partial charge in [0.2, 0.25) is 11.1 Å². The lowest BCUT2D eigenvalue weighted by Crippen LogP contribution is -2.27. The Bertz CT molecular complexity index is 897. The lowest BCUT2D eigenvalue weighted by atomic mass is 10.1. The fourth-order valence-corrected chi connectivity index (χ4v) is 3.19. The maximum absolute atomic E-state index is 12.1. The molecule has 0 saturated carbocycles. The van der Waals surface area contributed by atoms with Crippen molar-refractivity contribution in [3.8, 4) is 17.2 Å². The Hall–Kier alpha value is -3.07. The standard InChI is InChI=1S/C19H21N5O3S/c1-26-16-7-3-14(4-8-16)11-12-20-18(25)13-28-19-21-22-23-24(19)15-5-9-17(27-2)10-6-15/h3-10H,11-13H2,1-2H3,(H,20,25). The van der Waals surface area contributed by atoms with Crippen molar-refractivity contribution in [2.45, 2.75) is 11.6 Å². The lowest BCUT2D eigenvalue weighted by Gasteiger charge is -2.07. The molecule has 9 heteroatoms. The highest BCUT2D eigenvalue weighted by Gasteiger charge is 2.11. The highest BCUT2D eigenvalue weighted by Crippen LogP contribution is 2.20. The molecule has 1 amide bonds. The Kier molecular flexibility index (Phi) is 6.85. The zero-order chi connectivity index (χ0) is 19.8. The van der Waals surface area contributed by atoms with Gasteiger partial charge in [0.15, 0.2) is 0 Å². The van der Waals surface area contributed by atoms with Crippen LogP contribution in [0.5, 0.6) is 11.5 Å². The van der Waals surface area contributed by atoms with Crippen LogP contribution in [0.2, 0.25) is 0 Å². The van der Waals surface area contributed by atoms with E-state index in [4.69, 9.17) is 9.47 Å². The summed E-state index contributed by atoms with van der Waals surface area (Å²) in [5, 5.41) is 15.1. The minimum absolute atomic E-state index is 0.0669. The molecule has 0 saturated heterocycles. The number of benzene rings is 2. The first-order valence-corrected chi connectivity index (χ1v) is 9.63. The SMILES string of the molecule is COc1ccc(CCNC(=O)CSc2nnnn2-c2ccc(OC)cc2)cc1. The number of methoxy groups -OCH3 is 2. The second-order valence-corrected chi connectivity index (χ2v) is 6.75. The van der Waals surface area contributed by atoms with Crippen LogP contribution in [0.3, 0.4) is 0 Å². The molecule has 1 N–H and O–H groups in total. The second kappa shape index (κ2) is 9.75. The van der Waals surface area contributed by atoms with Gasteiger partial charge in [-0.1, -0.05) is 23.9 Å². The van der Waals surface area contributed by atoms with Crippen molar-refractivity contribution in [3.05, 3.63) is 54.1 Å². The van der Waals surface area contributed by atoms with Gasteiger partial charge < -0.3 is 14.8 Å². The van der Waals surface area contributed by atoms with Crippen molar-refractivity contribution in [1.82, 2.24) is 25.5 Å². The minimum Gasteiger partial charge on any atom is -0.497 e. The zero-order valence-electron chi connectivity index (χ0n) is 15.7. The van der Waals surface area contributed by atoms with Crippen LogP contribution in [0.15, 0.2) is 53.7 Å². The van der Waals surface area contributed by atoms with Crippen molar-refractivity contribution >= 4 is 17.7 Å². The molecule has 3 rings (SSSR count). The molecule has 3 aromatic rings. The first-order chi connectivity index (χ1) is 13.7. The Labute approximate surface area is 167 Å². The predicted molar refractivity (Wildman–Crippen MR) is 106 cm³/mol. The van der Waals surface area contributed by atoms with Crippen LogP contribution in [0.1, 0.15) is 5.56 Å². The Morgan fingerprint density at radius 2 is 1.68 bits per heavy atom. The van der Waals surface area contributed by atoms with E-state index in [2.05, 4.69) is 20.8 Å². The van der Waals surface area contributed by atoms with Crippen LogP contribution in [-0.4, -0.2) is 52.6 Å². The molecule has 0 radical (unpaired) electrons. The van der Waals surface area contributed by atoms with E-state index in [1.807, 2.05) is 48.5 Å². The number of hydrogen-bond acceptors (Lipinski definition) is 7. The number of carbonyl (C=O) groups excluding carboxylic acids is 1. The molecule has 0 aliphatic carbocycles. The van der Waals surface area contributed by atoms with Crippen LogP contribution in [0, 0.1) is 0 Å². The van der Waals surface area contributed by atoms with Gasteiger partial charge in [0, 0.05) is 6.54 Å². The van der Waals surface area contributed by atoms with Crippen LogP contribution in [-0.2, 0) is 11.2 Å². The topological polar surface area (TPSA) is 91.2 Å². The van der Waals surface area contributed by atoms with Crippen molar-refractivity contribution in [2.75, 3.05) is 26.5 Å². The Morgan fingerprint density at radius 1 is 1.04 bits per heavy atom. The van der Waals surface area contributed by atoms with Gasteiger partial charge in [-0.2, -0.15) is 4.68 Å². The van der Waals surface area contributed by atoms with Crippen molar-refractivity contribution in [1.29, 1.82) is 0 Å². The van der Waals surface area contributed by atoms with Crippen LogP contribution in [0.4, 0.5) is 0 Å². The van der Waals surface area contributed by atoms with E-state index in [1.54, 1.807) is 18.9 Å². The first kappa shape index (κ1) is 19.7. The molecular formula is C19H21N5O3S. The normalized spacial score (nSPS) is 10.5. The van der Waals surface area contributed by atoms with E-state index in [1.165, 1.54) is 11.8 Å². The lowest BCUT2D eigenvalue weighted by molar-refractivity contribution is -0.118. The summed E-state index contributed by atoms with van der Waals surface area (Å²) >= 11 is 1.28. The molecule has 146 valence electrons. The van der Waals surface area contributed by atoms with Crippen molar-refractivity contribution < 1.29 is 14.3 Å².